The van der Waals surface area contributed by atoms with Crippen molar-refractivity contribution in [2.45, 2.75) is 6.92 Å². The molecule has 1 aromatic carbocycles. The minimum Gasteiger partial charge on any atom is -0.493 e. The third kappa shape index (κ3) is 2.44. The van der Waals surface area contributed by atoms with Crippen LogP contribution in [0.1, 0.15) is 5.56 Å². The number of anilines is 1. The molecular formula is C18H16N4O2S. The molecule has 0 unspecified atom stereocenters. The molecule has 3 aromatic heterocycles. The van der Waals surface area contributed by atoms with Gasteiger partial charge < -0.3 is 10.0 Å². The quantitative estimate of drug-likeness (QED) is 0.600. The van der Waals surface area contributed by atoms with Gasteiger partial charge in [-0.3, -0.25) is 9.36 Å². The molecule has 0 spiro atoms. The lowest BCUT2D eigenvalue weighted by atomic mass is 10.2. The minimum absolute atomic E-state index is 0.0679. The van der Waals surface area contributed by atoms with E-state index in [0.717, 1.165) is 22.3 Å². The van der Waals surface area contributed by atoms with Crippen molar-refractivity contribution in [1.29, 1.82) is 0 Å². The Bertz CT molecular complexity index is 1160. The highest BCUT2D eigenvalue weighted by molar-refractivity contribution is 7.25. The van der Waals surface area contributed by atoms with Gasteiger partial charge in [0.05, 0.1) is 16.8 Å². The second-order valence-electron chi connectivity index (χ2n) is 6.11. The number of hydrogen-bond donors (Lipinski definition) is 1. The van der Waals surface area contributed by atoms with Crippen molar-refractivity contribution in [3.05, 3.63) is 52.6 Å². The molecule has 6 nitrogen and oxygen atoms in total. The van der Waals surface area contributed by atoms with Gasteiger partial charge in [0.15, 0.2) is 0 Å². The molecule has 4 rings (SSSR count). The summed E-state index contributed by atoms with van der Waals surface area (Å²) in [5, 5.41) is 10.7. The van der Waals surface area contributed by atoms with E-state index in [0.29, 0.717) is 15.0 Å². The average Bonchev–Trinajstić information content (AvgIpc) is 2.94. The molecule has 126 valence electrons. The summed E-state index contributed by atoms with van der Waals surface area (Å²) in [6, 6.07) is 9.29. The van der Waals surface area contributed by atoms with Crippen molar-refractivity contribution >= 4 is 37.5 Å². The molecule has 0 aliphatic heterocycles. The van der Waals surface area contributed by atoms with E-state index in [1.165, 1.54) is 15.9 Å². The number of benzene rings is 1. The molecule has 4 aromatic rings. The Morgan fingerprint density at radius 2 is 1.92 bits per heavy atom. The minimum atomic E-state index is -0.138. The SMILES string of the molecule is Cc1ccc(-n2cnc3c(sc4nc(O)cc(N(C)C)c43)c2=O)cc1. The van der Waals surface area contributed by atoms with Crippen LogP contribution in [0.15, 0.2) is 41.5 Å². The van der Waals surface area contributed by atoms with E-state index in [1.807, 2.05) is 50.2 Å². The summed E-state index contributed by atoms with van der Waals surface area (Å²) in [4.78, 5) is 24.2. The van der Waals surface area contributed by atoms with Crippen LogP contribution in [0.3, 0.4) is 0 Å². The predicted molar refractivity (Wildman–Crippen MR) is 101 cm³/mol. The van der Waals surface area contributed by atoms with E-state index in [4.69, 9.17) is 0 Å². The van der Waals surface area contributed by atoms with E-state index in [1.54, 1.807) is 12.4 Å². The summed E-state index contributed by atoms with van der Waals surface area (Å²) in [6.07, 6.45) is 1.55. The zero-order valence-corrected chi connectivity index (χ0v) is 14.8. The Morgan fingerprint density at radius 3 is 2.60 bits per heavy atom. The van der Waals surface area contributed by atoms with Gasteiger partial charge in [-0.2, -0.15) is 0 Å². The molecule has 25 heavy (non-hydrogen) atoms. The zero-order chi connectivity index (χ0) is 17.7. The fourth-order valence-corrected chi connectivity index (χ4v) is 3.91. The molecule has 0 aliphatic carbocycles. The molecule has 0 aliphatic rings. The van der Waals surface area contributed by atoms with Crippen molar-refractivity contribution in [3.63, 3.8) is 0 Å². The van der Waals surface area contributed by atoms with Crippen LogP contribution in [0, 0.1) is 6.92 Å². The normalized spacial score (nSPS) is 11.3. The van der Waals surface area contributed by atoms with Crippen molar-refractivity contribution < 1.29 is 5.11 Å². The Balaban J connectivity index is 2.05. The van der Waals surface area contributed by atoms with Crippen molar-refractivity contribution in [1.82, 2.24) is 14.5 Å². The Hall–Kier alpha value is -2.93. The number of aryl methyl sites for hydroxylation is 1. The standard InChI is InChI=1S/C18H16N4O2S/c1-10-4-6-11(7-5-10)22-9-19-15-14-12(21(2)3)8-13(23)20-17(14)25-16(15)18(22)24/h4-9H,1-3H3,(H,20,23). The lowest BCUT2D eigenvalue weighted by Gasteiger charge is -2.13. The van der Waals surface area contributed by atoms with Crippen LogP contribution in [0.4, 0.5) is 5.69 Å². The van der Waals surface area contributed by atoms with Crippen LogP contribution in [0.5, 0.6) is 5.88 Å². The Kier molecular flexibility index (Phi) is 3.47. The highest BCUT2D eigenvalue weighted by Crippen LogP contribution is 2.37. The van der Waals surface area contributed by atoms with Crippen LogP contribution in [-0.4, -0.2) is 33.7 Å². The number of aromatic hydroxyl groups is 1. The summed E-state index contributed by atoms with van der Waals surface area (Å²) in [5.41, 5.74) is 3.16. The molecule has 0 radical (unpaired) electrons. The lowest BCUT2D eigenvalue weighted by molar-refractivity contribution is 0.456. The molecule has 0 amide bonds. The average molecular weight is 352 g/mol. The molecule has 0 fully saturated rings. The first-order valence-electron chi connectivity index (χ1n) is 7.74. The van der Waals surface area contributed by atoms with Gasteiger partial charge in [-0.15, -0.1) is 11.3 Å². The summed E-state index contributed by atoms with van der Waals surface area (Å²) in [5.74, 6) is -0.0679. The number of nitrogens with zero attached hydrogens (tertiary/aromatic N) is 4. The van der Waals surface area contributed by atoms with Gasteiger partial charge in [0.1, 0.15) is 21.4 Å². The van der Waals surface area contributed by atoms with Crippen LogP contribution < -0.4 is 10.5 Å². The fourth-order valence-electron chi connectivity index (χ4n) is 2.84. The van der Waals surface area contributed by atoms with Gasteiger partial charge in [0.2, 0.25) is 5.88 Å². The predicted octanol–water partition coefficient (Wildman–Crippen LogP) is 3.08. The molecule has 7 heteroatoms. The molecule has 1 N–H and O–H groups in total. The largest absolute Gasteiger partial charge is 0.493 e. The maximum atomic E-state index is 13.0. The number of thiophene rings is 1. The van der Waals surface area contributed by atoms with Gasteiger partial charge in [-0.1, -0.05) is 17.7 Å². The highest BCUT2D eigenvalue weighted by atomic mass is 32.1. The van der Waals surface area contributed by atoms with Crippen molar-refractivity contribution in [2.75, 3.05) is 19.0 Å². The first-order chi connectivity index (χ1) is 12.0. The number of fused-ring (bicyclic) bond motifs is 3. The van der Waals surface area contributed by atoms with Gasteiger partial charge in [0, 0.05) is 20.2 Å². The van der Waals surface area contributed by atoms with Crippen LogP contribution in [0.2, 0.25) is 0 Å². The summed E-state index contributed by atoms with van der Waals surface area (Å²) in [6.45, 7) is 2.00. The zero-order valence-electron chi connectivity index (χ0n) is 14.0. The number of pyridine rings is 1. The molecule has 0 bridgehead atoms. The second kappa shape index (κ2) is 5.56. The topological polar surface area (TPSA) is 71.2 Å². The van der Waals surface area contributed by atoms with Gasteiger partial charge in [0.25, 0.3) is 5.56 Å². The summed E-state index contributed by atoms with van der Waals surface area (Å²) >= 11 is 1.25. The summed E-state index contributed by atoms with van der Waals surface area (Å²) < 4.78 is 2.06. The summed E-state index contributed by atoms with van der Waals surface area (Å²) in [7, 11) is 3.76. The van der Waals surface area contributed by atoms with E-state index in [-0.39, 0.29) is 11.4 Å². The van der Waals surface area contributed by atoms with Gasteiger partial charge in [-0.25, -0.2) is 9.97 Å². The van der Waals surface area contributed by atoms with E-state index in [9.17, 15) is 9.90 Å². The van der Waals surface area contributed by atoms with E-state index >= 15 is 0 Å². The maximum Gasteiger partial charge on any atom is 0.275 e. The van der Waals surface area contributed by atoms with E-state index in [2.05, 4.69) is 9.97 Å². The van der Waals surface area contributed by atoms with Crippen molar-refractivity contribution in [3.8, 4) is 11.6 Å². The molecular weight excluding hydrogens is 336 g/mol. The molecule has 0 saturated heterocycles. The second-order valence-corrected chi connectivity index (χ2v) is 7.11. The lowest BCUT2D eigenvalue weighted by Crippen LogP contribution is -2.17. The molecule has 3 heterocycles. The van der Waals surface area contributed by atoms with Gasteiger partial charge >= 0.3 is 0 Å². The van der Waals surface area contributed by atoms with Crippen LogP contribution in [0.25, 0.3) is 26.1 Å². The third-order valence-corrected chi connectivity index (χ3v) is 5.17. The fraction of sp³-hybridized carbons (Fsp3) is 0.167. The molecule has 0 atom stereocenters. The molecule has 0 saturated carbocycles. The van der Waals surface area contributed by atoms with Crippen molar-refractivity contribution in [2.24, 2.45) is 0 Å². The first kappa shape index (κ1) is 15.6. The third-order valence-electron chi connectivity index (χ3n) is 4.11. The number of hydrogen-bond acceptors (Lipinski definition) is 6. The highest BCUT2D eigenvalue weighted by Gasteiger charge is 2.18. The Labute approximate surface area is 147 Å². The number of rotatable bonds is 2. The number of aromatic nitrogens is 3. The maximum absolute atomic E-state index is 13.0. The van der Waals surface area contributed by atoms with Gasteiger partial charge in [-0.05, 0) is 19.1 Å². The monoisotopic (exact) mass is 352 g/mol. The van der Waals surface area contributed by atoms with E-state index < -0.39 is 0 Å². The van der Waals surface area contributed by atoms with Crippen LogP contribution >= 0.6 is 11.3 Å². The smallest absolute Gasteiger partial charge is 0.275 e. The van der Waals surface area contributed by atoms with Crippen LogP contribution in [-0.2, 0) is 0 Å². The Morgan fingerprint density at radius 1 is 1.20 bits per heavy atom. The first-order valence-corrected chi connectivity index (χ1v) is 8.55.